The fraction of sp³-hybridized carbons (Fsp3) is 0.400. The van der Waals surface area contributed by atoms with Gasteiger partial charge in [0, 0.05) is 11.1 Å². The molecule has 0 amide bonds. The molecule has 1 aromatic rings. The Bertz CT molecular complexity index is 422. The maximum absolute atomic E-state index is 11.4. The molecule has 1 rings (SSSR count). The molecule has 0 aliphatic rings. The molecule has 0 heterocycles. The van der Waals surface area contributed by atoms with Gasteiger partial charge in [-0.25, -0.2) is 0 Å². The Morgan fingerprint density at radius 3 is 2.78 bits per heavy atom. The van der Waals surface area contributed by atoms with Crippen LogP contribution in [-0.2, 0) is 11.3 Å². The predicted octanol–water partition coefficient (Wildman–Crippen LogP) is 3.38. The largest absolute Gasteiger partial charge is 0.494 e. The minimum Gasteiger partial charge on any atom is -0.494 e. The van der Waals surface area contributed by atoms with Crippen molar-refractivity contribution in [3.8, 4) is 5.75 Å². The number of ketones is 1. The molecule has 0 atom stereocenters. The van der Waals surface area contributed by atoms with Crippen LogP contribution in [0.1, 0.15) is 36.7 Å². The highest BCUT2D eigenvalue weighted by molar-refractivity contribution is 5.94. The summed E-state index contributed by atoms with van der Waals surface area (Å²) in [5.74, 6) is 0.829. The van der Waals surface area contributed by atoms with Gasteiger partial charge in [-0.05, 0) is 39.0 Å². The number of rotatable bonds is 7. The third-order valence-electron chi connectivity index (χ3n) is 2.47. The number of benzene rings is 1. The molecule has 0 aromatic heterocycles. The lowest BCUT2D eigenvalue weighted by molar-refractivity contribution is 0.101. The molecule has 98 valence electrons. The highest BCUT2D eigenvalue weighted by atomic mass is 16.5. The molecule has 1 aromatic carbocycles. The smallest absolute Gasteiger partial charge is 0.159 e. The number of hydrogen-bond acceptors (Lipinski definition) is 3. The van der Waals surface area contributed by atoms with Crippen molar-refractivity contribution in [1.29, 1.82) is 0 Å². The number of Topliss-reactive ketones (excluding diaryl/α,β-unsaturated/α-hetero) is 1. The van der Waals surface area contributed by atoms with Gasteiger partial charge in [-0.1, -0.05) is 12.2 Å². The van der Waals surface area contributed by atoms with Crippen molar-refractivity contribution in [2.75, 3.05) is 13.2 Å². The van der Waals surface area contributed by atoms with Crippen molar-refractivity contribution in [2.45, 2.75) is 27.4 Å². The van der Waals surface area contributed by atoms with Gasteiger partial charge in [-0.15, -0.1) is 0 Å². The van der Waals surface area contributed by atoms with E-state index < -0.39 is 0 Å². The summed E-state index contributed by atoms with van der Waals surface area (Å²) in [6.45, 7) is 7.04. The molecule has 18 heavy (non-hydrogen) atoms. The first-order valence-electron chi connectivity index (χ1n) is 6.14. The summed E-state index contributed by atoms with van der Waals surface area (Å²) in [6, 6.07) is 5.44. The van der Waals surface area contributed by atoms with Crippen LogP contribution < -0.4 is 4.74 Å². The van der Waals surface area contributed by atoms with Crippen molar-refractivity contribution in [2.24, 2.45) is 0 Å². The van der Waals surface area contributed by atoms with Gasteiger partial charge in [0.15, 0.2) is 5.78 Å². The van der Waals surface area contributed by atoms with Crippen LogP contribution in [0, 0.1) is 0 Å². The van der Waals surface area contributed by atoms with Crippen molar-refractivity contribution < 1.29 is 14.3 Å². The van der Waals surface area contributed by atoms with Gasteiger partial charge in [0.1, 0.15) is 5.75 Å². The van der Waals surface area contributed by atoms with Gasteiger partial charge in [-0.3, -0.25) is 4.79 Å². The summed E-state index contributed by atoms with van der Waals surface area (Å²) in [6.07, 6.45) is 3.88. The molecule has 3 heteroatoms. The first-order chi connectivity index (χ1) is 8.69. The van der Waals surface area contributed by atoms with Crippen LogP contribution in [0.4, 0.5) is 0 Å². The van der Waals surface area contributed by atoms with Gasteiger partial charge in [-0.2, -0.15) is 0 Å². The minimum atomic E-state index is 0.0488. The first-order valence-corrected chi connectivity index (χ1v) is 6.14. The molecule has 0 spiro atoms. The fourth-order valence-electron chi connectivity index (χ4n) is 1.54. The maximum Gasteiger partial charge on any atom is 0.159 e. The van der Waals surface area contributed by atoms with E-state index in [4.69, 9.17) is 9.47 Å². The second-order valence-corrected chi connectivity index (χ2v) is 3.90. The summed E-state index contributed by atoms with van der Waals surface area (Å²) < 4.78 is 11.0. The number of hydrogen-bond donors (Lipinski definition) is 0. The van der Waals surface area contributed by atoms with Crippen LogP contribution in [0.15, 0.2) is 30.4 Å². The van der Waals surface area contributed by atoms with Crippen LogP contribution in [0.5, 0.6) is 5.75 Å². The molecular formula is C15H20O3. The maximum atomic E-state index is 11.4. The SMILES string of the molecule is CC=CCOCc1cc(C(C)=O)ccc1OCC. The number of ether oxygens (including phenoxy) is 2. The second-order valence-electron chi connectivity index (χ2n) is 3.90. The Morgan fingerprint density at radius 1 is 1.39 bits per heavy atom. The third kappa shape index (κ3) is 4.34. The molecule has 0 unspecified atom stereocenters. The topological polar surface area (TPSA) is 35.5 Å². The lowest BCUT2D eigenvalue weighted by Gasteiger charge is -2.11. The minimum absolute atomic E-state index is 0.0488. The summed E-state index contributed by atoms with van der Waals surface area (Å²) in [7, 11) is 0. The zero-order valence-corrected chi connectivity index (χ0v) is 11.2. The Hall–Kier alpha value is -1.61. The number of carbonyl (C=O) groups is 1. The van der Waals surface area contributed by atoms with Gasteiger partial charge < -0.3 is 9.47 Å². The Kier molecular flexibility index (Phi) is 6.15. The van der Waals surface area contributed by atoms with Crippen LogP contribution >= 0.6 is 0 Å². The van der Waals surface area contributed by atoms with Gasteiger partial charge in [0.2, 0.25) is 0 Å². The predicted molar refractivity (Wildman–Crippen MR) is 72.1 cm³/mol. The summed E-state index contributed by atoms with van der Waals surface area (Å²) >= 11 is 0. The Labute approximate surface area is 108 Å². The quantitative estimate of drug-likeness (QED) is 0.421. The second kappa shape index (κ2) is 7.67. The number of carbonyl (C=O) groups excluding carboxylic acids is 1. The highest BCUT2D eigenvalue weighted by Gasteiger charge is 2.07. The van der Waals surface area contributed by atoms with E-state index in [0.717, 1.165) is 11.3 Å². The zero-order chi connectivity index (χ0) is 13.4. The molecular weight excluding hydrogens is 228 g/mol. The van der Waals surface area contributed by atoms with Crippen LogP contribution in [0.3, 0.4) is 0 Å². The zero-order valence-electron chi connectivity index (χ0n) is 11.2. The molecule has 0 aliphatic heterocycles. The van der Waals surface area contributed by atoms with Crippen molar-refractivity contribution >= 4 is 5.78 Å². The van der Waals surface area contributed by atoms with Gasteiger partial charge in [0.25, 0.3) is 0 Å². The van der Waals surface area contributed by atoms with E-state index in [-0.39, 0.29) is 5.78 Å². The average molecular weight is 248 g/mol. The molecule has 0 bridgehead atoms. The number of allylic oxidation sites excluding steroid dienone is 1. The van der Waals surface area contributed by atoms with Crippen molar-refractivity contribution in [1.82, 2.24) is 0 Å². The van der Waals surface area contributed by atoms with E-state index in [1.807, 2.05) is 38.1 Å². The first kappa shape index (κ1) is 14.5. The summed E-state index contributed by atoms with van der Waals surface area (Å²) in [4.78, 5) is 11.4. The molecule has 0 fully saturated rings. The van der Waals surface area contributed by atoms with E-state index >= 15 is 0 Å². The monoisotopic (exact) mass is 248 g/mol. The molecule has 0 N–H and O–H groups in total. The average Bonchev–Trinajstić information content (AvgIpc) is 2.36. The summed E-state index contributed by atoms with van der Waals surface area (Å²) in [5, 5.41) is 0. The van der Waals surface area contributed by atoms with E-state index in [0.29, 0.717) is 25.4 Å². The standard InChI is InChI=1S/C15H20O3/c1-4-6-9-17-11-14-10-13(12(3)16)7-8-15(14)18-5-2/h4,6-8,10H,5,9,11H2,1-3H3. The van der Waals surface area contributed by atoms with Gasteiger partial charge >= 0.3 is 0 Å². The van der Waals surface area contributed by atoms with E-state index in [2.05, 4.69) is 0 Å². The van der Waals surface area contributed by atoms with Gasteiger partial charge in [0.05, 0.1) is 19.8 Å². The summed E-state index contributed by atoms with van der Waals surface area (Å²) in [5.41, 5.74) is 1.59. The normalized spacial score (nSPS) is 10.8. The molecule has 0 aliphatic carbocycles. The Balaban J connectivity index is 2.81. The fourth-order valence-corrected chi connectivity index (χ4v) is 1.54. The lowest BCUT2D eigenvalue weighted by Crippen LogP contribution is -2.02. The van der Waals surface area contributed by atoms with Crippen LogP contribution in [-0.4, -0.2) is 19.0 Å². The van der Waals surface area contributed by atoms with Crippen LogP contribution in [0.25, 0.3) is 0 Å². The Morgan fingerprint density at radius 2 is 2.17 bits per heavy atom. The third-order valence-corrected chi connectivity index (χ3v) is 2.47. The molecule has 3 nitrogen and oxygen atoms in total. The van der Waals surface area contributed by atoms with Crippen molar-refractivity contribution in [3.63, 3.8) is 0 Å². The molecule has 0 saturated heterocycles. The van der Waals surface area contributed by atoms with Crippen molar-refractivity contribution in [3.05, 3.63) is 41.5 Å². The van der Waals surface area contributed by atoms with E-state index in [1.54, 1.807) is 13.0 Å². The van der Waals surface area contributed by atoms with Crippen LogP contribution in [0.2, 0.25) is 0 Å². The van der Waals surface area contributed by atoms with E-state index in [9.17, 15) is 4.79 Å². The molecule has 0 saturated carbocycles. The molecule has 0 radical (unpaired) electrons. The highest BCUT2D eigenvalue weighted by Crippen LogP contribution is 2.21. The lowest BCUT2D eigenvalue weighted by atomic mass is 10.1. The van der Waals surface area contributed by atoms with E-state index in [1.165, 1.54) is 0 Å².